The maximum Gasteiger partial charge on any atom is 0.255 e. The molecule has 0 unspecified atom stereocenters. The minimum atomic E-state index is -0.292. The van der Waals surface area contributed by atoms with E-state index in [0.717, 1.165) is 5.56 Å². The zero-order valence-corrected chi connectivity index (χ0v) is 19.7. The molecule has 0 aliphatic carbocycles. The molecule has 0 bridgehead atoms. The van der Waals surface area contributed by atoms with Crippen LogP contribution < -0.4 is 10.1 Å². The number of nitrogens with zero attached hydrogens (tertiary/aromatic N) is 4. The molecule has 4 rings (SSSR count). The largest absolute Gasteiger partial charge is 0.497 e. The van der Waals surface area contributed by atoms with Gasteiger partial charge in [0, 0.05) is 30.9 Å². The molecule has 8 heteroatoms. The first-order chi connectivity index (χ1) is 16.4. The van der Waals surface area contributed by atoms with Gasteiger partial charge in [0.05, 0.1) is 29.4 Å². The molecule has 2 aromatic heterocycles. The van der Waals surface area contributed by atoms with E-state index in [2.05, 4.69) is 10.4 Å². The second-order valence-electron chi connectivity index (χ2n) is 7.93. The van der Waals surface area contributed by atoms with E-state index in [1.54, 1.807) is 42.1 Å². The smallest absolute Gasteiger partial charge is 0.255 e. The average Bonchev–Trinajstić information content (AvgIpc) is 3.15. The predicted octanol–water partition coefficient (Wildman–Crippen LogP) is 4.05. The molecule has 1 N–H and O–H groups in total. The fraction of sp³-hybridized carbons (Fsp3) is 0.231. The maximum atomic E-state index is 13.7. The molecule has 2 aromatic carbocycles. The van der Waals surface area contributed by atoms with Crippen molar-refractivity contribution in [2.75, 3.05) is 25.5 Å². The van der Waals surface area contributed by atoms with E-state index in [-0.39, 0.29) is 18.4 Å². The van der Waals surface area contributed by atoms with Gasteiger partial charge in [0.2, 0.25) is 5.91 Å². The number of methoxy groups -OCH3 is 1. The second-order valence-corrected chi connectivity index (χ2v) is 7.93. The van der Waals surface area contributed by atoms with Crippen LogP contribution in [-0.4, -0.2) is 51.7 Å². The normalized spacial score (nSPS) is 10.8. The number of ether oxygens (including phenoxy) is 1. The lowest BCUT2D eigenvalue weighted by Gasteiger charge is -2.21. The molecule has 8 nitrogen and oxygen atoms in total. The Morgan fingerprint density at radius 2 is 1.85 bits per heavy atom. The molecule has 0 saturated carbocycles. The number of hydrogen-bond acceptors (Lipinski definition) is 5. The summed E-state index contributed by atoms with van der Waals surface area (Å²) in [6.45, 7) is 3.99. The van der Waals surface area contributed by atoms with Gasteiger partial charge in [0.1, 0.15) is 12.3 Å². The summed E-state index contributed by atoms with van der Waals surface area (Å²) in [5.41, 5.74) is 4.00. The lowest BCUT2D eigenvalue weighted by Crippen LogP contribution is -2.38. The molecule has 2 amide bonds. The quantitative estimate of drug-likeness (QED) is 0.452. The number of carbonyl (C=O) groups excluding carboxylic acids is 2. The van der Waals surface area contributed by atoms with Gasteiger partial charge in [-0.05, 0) is 32.0 Å². The molecule has 0 saturated heterocycles. The van der Waals surface area contributed by atoms with Crippen LogP contribution in [0, 0.1) is 6.92 Å². The van der Waals surface area contributed by atoms with Gasteiger partial charge in [-0.3, -0.25) is 14.3 Å². The number of likely N-dealkylation sites (N-methyl/N-ethyl adjacent to an activating group) is 1. The van der Waals surface area contributed by atoms with Crippen molar-refractivity contribution in [3.63, 3.8) is 0 Å². The van der Waals surface area contributed by atoms with Crippen molar-refractivity contribution in [3.05, 3.63) is 71.9 Å². The number of aryl methyl sites for hydroxylation is 2. The molecule has 0 aliphatic heterocycles. The number of amides is 2. The monoisotopic (exact) mass is 457 g/mol. The third-order valence-corrected chi connectivity index (χ3v) is 5.63. The van der Waals surface area contributed by atoms with Gasteiger partial charge < -0.3 is 15.0 Å². The summed E-state index contributed by atoms with van der Waals surface area (Å²) in [4.78, 5) is 32.7. The van der Waals surface area contributed by atoms with Gasteiger partial charge in [-0.25, -0.2) is 4.98 Å². The maximum absolute atomic E-state index is 13.7. The number of nitrogens with one attached hydrogen (secondary N) is 1. The van der Waals surface area contributed by atoms with E-state index >= 15 is 0 Å². The molecule has 0 fully saturated rings. The number of fused-ring (bicyclic) bond motifs is 1. The van der Waals surface area contributed by atoms with E-state index in [9.17, 15) is 9.59 Å². The molecule has 4 aromatic rings. The molecular formula is C26H27N5O3. The fourth-order valence-corrected chi connectivity index (χ4v) is 3.94. The Hall–Kier alpha value is -4.20. The molecule has 2 heterocycles. The highest BCUT2D eigenvalue weighted by Crippen LogP contribution is 2.28. The number of benzene rings is 2. The Balaban J connectivity index is 1.66. The highest BCUT2D eigenvalue weighted by Gasteiger charge is 2.24. The van der Waals surface area contributed by atoms with Gasteiger partial charge in [0.25, 0.3) is 5.91 Å². The van der Waals surface area contributed by atoms with Gasteiger partial charge >= 0.3 is 0 Å². The van der Waals surface area contributed by atoms with Crippen LogP contribution in [0.15, 0.2) is 60.7 Å². The van der Waals surface area contributed by atoms with E-state index in [4.69, 9.17) is 9.72 Å². The van der Waals surface area contributed by atoms with Crippen molar-refractivity contribution in [2.24, 2.45) is 7.05 Å². The summed E-state index contributed by atoms with van der Waals surface area (Å²) in [5, 5.41) is 8.01. The standard InChI is InChI=1S/C26H27N5O3/c1-5-31(16-23(32)27-19-12-9-13-20(14-19)34-4)26(33)21-15-22(18-10-7-6-8-11-18)28-25-24(21)17(2)29-30(25)3/h6-15H,5,16H2,1-4H3,(H,27,32). The van der Waals surface area contributed by atoms with Crippen molar-refractivity contribution in [1.29, 1.82) is 0 Å². The van der Waals surface area contributed by atoms with E-state index < -0.39 is 0 Å². The molecule has 0 aliphatic rings. The van der Waals surface area contributed by atoms with E-state index in [1.165, 1.54) is 4.90 Å². The molecule has 34 heavy (non-hydrogen) atoms. The van der Waals surface area contributed by atoms with Crippen molar-refractivity contribution in [3.8, 4) is 17.0 Å². The van der Waals surface area contributed by atoms with Gasteiger partial charge in [-0.2, -0.15) is 5.10 Å². The van der Waals surface area contributed by atoms with Crippen LogP contribution in [0.25, 0.3) is 22.3 Å². The van der Waals surface area contributed by atoms with Crippen LogP contribution >= 0.6 is 0 Å². The first-order valence-corrected chi connectivity index (χ1v) is 11.0. The predicted molar refractivity (Wildman–Crippen MR) is 132 cm³/mol. The molecule has 0 spiro atoms. The highest BCUT2D eigenvalue weighted by molar-refractivity contribution is 6.08. The summed E-state index contributed by atoms with van der Waals surface area (Å²) in [5.74, 6) is 0.102. The highest BCUT2D eigenvalue weighted by atomic mass is 16.5. The number of aromatic nitrogens is 3. The average molecular weight is 458 g/mol. The number of carbonyl (C=O) groups is 2. The minimum absolute atomic E-state index is 0.0870. The lowest BCUT2D eigenvalue weighted by atomic mass is 10.0. The van der Waals surface area contributed by atoms with Crippen molar-refractivity contribution >= 4 is 28.5 Å². The Kier molecular flexibility index (Phi) is 6.58. The number of rotatable bonds is 7. The molecular weight excluding hydrogens is 430 g/mol. The minimum Gasteiger partial charge on any atom is -0.497 e. The van der Waals surface area contributed by atoms with E-state index in [0.29, 0.717) is 46.0 Å². The van der Waals surface area contributed by atoms with Crippen LogP contribution in [0.1, 0.15) is 23.0 Å². The van der Waals surface area contributed by atoms with Crippen LogP contribution in [0.2, 0.25) is 0 Å². The van der Waals surface area contributed by atoms with Crippen LogP contribution in [0.3, 0.4) is 0 Å². The van der Waals surface area contributed by atoms with Crippen molar-refractivity contribution < 1.29 is 14.3 Å². The van der Waals surface area contributed by atoms with Crippen LogP contribution in [0.4, 0.5) is 5.69 Å². The summed E-state index contributed by atoms with van der Waals surface area (Å²) < 4.78 is 6.89. The zero-order valence-electron chi connectivity index (χ0n) is 19.7. The van der Waals surface area contributed by atoms with Gasteiger partial charge in [-0.15, -0.1) is 0 Å². The topological polar surface area (TPSA) is 89.3 Å². The number of pyridine rings is 1. The number of anilines is 1. The summed E-state index contributed by atoms with van der Waals surface area (Å²) in [6, 6.07) is 18.6. The molecule has 0 radical (unpaired) electrons. The van der Waals surface area contributed by atoms with Crippen molar-refractivity contribution in [1.82, 2.24) is 19.7 Å². The second kappa shape index (κ2) is 9.74. The molecule has 0 atom stereocenters. The van der Waals surface area contributed by atoms with E-state index in [1.807, 2.05) is 51.2 Å². The Bertz CT molecular complexity index is 1350. The van der Waals surface area contributed by atoms with Crippen LogP contribution in [-0.2, 0) is 11.8 Å². The van der Waals surface area contributed by atoms with Gasteiger partial charge in [0.15, 0.2) is 5.65 Å². The Labute approximate surface area is 198 Å². The number of hydrogen-bond donors (Lipinski definition) is 1. The summed E-state index contributed by atoms with van der Waals surface area (Å²) >= 11 is 0. The summed E-state index contributed by atoms with van der Waals surface area (Å²) in [6.07, 6.45) is 0. The lowest BCUT2D eigenvalue weighted by molar-refractivity contribution is -0.116. The van der Waals surface area contributed by atoms with Gasteiger partial charge in [-0.1, -0.05) is 36.4 Å². The molecule has 174 valence electrons. The first-order valence-electron chi connectivity index (χ1n) is 11.0. The zero-order chi connectivity index (χ0) is 24.2. The third-order valence-electron chi connectivity index (χ3n) is 5.63. The Morgan fingerprint density at radius 1 is 1.09 bits per heavy atom. The summed E-state index contributed by atoms with van der Waals surface area (Å²) in [7, 11) is 3.38. The van der Waals surface area contributed by atoms with Crippen molar-refractivity contribution in [2.45, 2.75) is 13.8 Å². The fourth-order valence-electron chi connectivity index (χ4n) is 3.94. The SMILES string of the molecule is CCN(CC(=O)Nc1cccc(OC)c1)C(=O)c1cc(-c2ccccc2)nc2c1c(C)nn2C. The third kappa shape index (κ3) is 4.61. The Morgan fingerprint density at radius 3 is 2.56 bits per heavy atom. The van der Waals surface area contributed by atoms with Crippen LogP contribution in [0.5, 0.6) is 5.75 Å². The first kappa shape index (κ1) is 23.0.